The quantitative estimate of drug-likeness (QED) is 0.183. The molecule has 0 atom stereocenters. The number of hydrazine groups is 2. The molecule has 32 heavy (non-hydrogen) atoms. The van der Waals surface area contributed by atoms with Crippen molar-refractivity contribution >= 4 is 45.9 Å². The Morgan fingerprint density at radius 3 is 2.50 bits per heavy atom. The van der Waals surface area contributed by atoms with E-state index in [-0.39, 0.29) is 6.61 Å². The standard InChI is InChI=1S/C22H29ClN6O2S/c1-13-11-15(20(24)14(2)21(23)27-3)9-10-18(13)31-12-16-17(7-6-8-19(16)32-5)29(26)22(30)28(4)25/h6-11H,12,24-26H2,1-5H3. The number of ether oxygens (including phenoxy) is 1. The van der Waals surface area contributed by atoms with Crippen LogP contribution in [0.2, 0.25) is 0 Å². The summed E-state index contributed by atoms with van der Waals surface area (Å²) in [5.41, 5.74) is 10.5. The SMILES string of the molecule is CN=C(Cl)C(C)=C(N)c1ccc(OCc2c(SC)cccc2N(N)C(=O)N(C)N)c(C)c1. The fourth-order valence-electron chi connectivity index (χ4n) is 3.01. The molecule has 0 aromatic heterocycles. The van der Waals surface area contributed by atoms with Crippen molar-refractivity contribution in [3.63, 3.8) is 0 Å². The number of amides is 2. The third kappa shape index (κ3) is 5.74. The molecule has 0 bridgehead atoms. The summed E-state index contributed by atoms with van der Waals surface area (Å²) in [6.45, 7) is 3.96. The Morgan fingerprint density at radius 1 is 1.25 bits per heavy atom. The predicted molar refractivity (Wildman–Crippen MR) is 134 cm³/mol. The van der Waals surface area contributed by atoms with Gasteiger partial charge in [0.2, 0.25) is 0 Å². The van der Waals surface area contributed by atoms with E-state index in [2.05, 4.69) is 4.99 Å². The first-order valence-electron chi connectivity index (χ1n) is 9.68. The minimum atomic E-state index is -0.544. The third-order valence-corrected chi connectivity index (χ3v) is 6.14. The van der Waals surface area contributed by atoms with E-state index in [1.54, 1.807) is 13.1 Å². The number of hydrogen-bond donors (Lipinski definition) is 3. The van der Waals surface area contributed by atoms with E-state index >= 15 is 0 Å². The number of nitrogens with zero attached hydrogens (tertiary/aromatic N) is 3. The van der Waals surface area contributed by atoms with Crippen LogP contribution in [0.3, 0.4) is 0 Å². The molecule has 10 heteroatoms. The van der Waals surface area contributed by atoms with E-state index in [0.717, 1.165) is 31.6 Å². The Bertz CT molecular complexity index is 1050. The van der Waals surface area contributed by atoms with Crippen LogP contribution in [0.25, 0.3) is 5.70 Å². The molecule has 2 rings (SSSR count). The highest BCUT2D eigenvalue weighted by Crippen LogP contribution is 2.31. The van der Waals surface area contributed by atoms with Crippen molar-refractivity contribution in [1.29, 1.82) is 0 Å². The number of hydrogen-bond acceptors (Lipinski definition) is 7. The molecule has 0 heterocycles. The first-order chi connectivity index (χ1) is 15.1. The van der Waals surface area contributed by atoms with Crippen LogP contribution in [0.15, 0.2) is 51.9 Å². The lowest BCUT2D eigenvalue weighted by molar-refractivity contribution is 0.216. The Hall–Kier alpha value is -2.72. The highest BCUT2D eigenvalue weighted by molar-refractivity contribution is 7.98. The number of rotatable bonds is 7. The van der Waals surface area contributed by atoms with E-state index in [9.17, 15) is 4.79 Å². The molecule has 0 saturated carbocycles. The Morgan fingerprint density at radius 2 is 1.94 bits per heavy atom. The molecule has 0 spiro atoms. The molecule has 8 nitrogen and oxygen atoms in total. The third-order valence-electron chi connectivity index (χ3n) is 4.86. The maximum atomic E-state index is 12.3. The van der Waals surface area contributed by atoms with Gasteiger partial charge in [0, 0.05) is 35.8 Å². The zero-order chi connectivity index (χ0) is 24.0. The van der Waals surface area contributed by atoms with Crippen LogP contribution in [0, 0.1) is 6.92 Å². The summed E-state index contributed by atoms with van der Waals surface area (Å²) in [6.07, 6.45) is 1.95. The highest BCUT2D eigenvalue weighted by Gasteiger charge is 2.20. The van der Waals surface area contributed by atoms with E-state index in [0.29, 0.717) is 27.9 Å². The summed E-state index contributed by atoms with van der Waals surface area (Å²) >= 11 is 7.63. The van der Waals surface area contributed by atoms with Crippen LogP contribution in [0.5, 0.6) is 5.75 Å². The number of aliphatic imine (C=N–C) groups is 1. The molecule has 0 aliphatic carbocycles. The average Bonchev–Trinajstić information content (AvgIpc) is 2.80. The summed E-state index contributed by atoms with van der Waals surface area (Å²) in [4.78, 5) is 17.2. The van der Waals surface area contributed by atoms with Crippen LogP contribution in [-0.2, 0) is 6.61 Å². The second-order valence-electron chi connectivity index (χ2n) is 7.04. The van der Waals surface area contributed by atoms with Gasteiger partial charge in [-0.25, -0.2) is 21.5 Å². The number of urea groups is 1. The molecule has 2 amide bonds. The van der Waals surface area contributed by atoms with Crippen molar-refractivity contribution < 1.29 is 9.53 Å². The lowest BCUT2D eigenvalue weighted by atomic mass is 10.0. The maximum Gasteiger partial charge on any atom is 0.352 e. The Balaban J connectivity index is 2.34. The maximum absolute atomic E-state index is 12.3. The lowest BCUT2D eigenvalue weighted by Crippen LogP contribution is -2.49. The van der Waals surface area contributed by atoms with Crippen molar-refractivity contribution in [2.45, 2.75) is 25.3 Å². The monoisotopic (exact) mass is 476 g/mol. The van der Waals surface area contributed by atoms with Crippen molar-refractivity contribution in [1.82, 2.24) is 5.01 Å². The minimum Gasteiger partial charge on any atom is -0.489 e. The van der Waals surface area contributed by atoms with Gasteiger partial charge in [0.25, 0.3) is 0 Å². The van der Waals surface area contributed by atoms with Crippen LogP contribution in [-0.4, -0.2) is 36.6 Å². The van der Waals surface area contributed by atoms with Gasteiger partial charge in [-0.15, -0.1) is 11.8 Å². The smallest absolute Gasteiger partial charge is 0.352 e. The first-order valence-corrected chi connectivity index (χ1v) is 11.3. The molecule has 0 saturated heterocycles. The van der Waals surface area contributed by atoms with Gasteiger partial charge in [-0.05, 0) is 61.6 Å². The fraction of sp³-hybridized carbons (Fsp3) is 0.273. The molecule has 0 aliphatic heterocycles. The normalized spacial score (nSPS) is 12.3. The number of nitrogens with two attached hydrogens (primary N) is 3. The van der Waals surface area contributed by atoms with E-state index in [1.807, 2.05) is 50.4 Å². The topological polar surface area (TPSA) is 123 Å². The second kappa shape index (κ2) is 11.2. The summed E-state index contributed by atoms with van der Waals surface area (Å²) in [6, 6.07) is 10.6. The highest BCUT2D eigenvalue weighted by atomic mass is 35.5. The number of carbonyl (C=O) groups excluding carboxylic acids is 1. The van der Waals surface area contributed by atoms with Crippen LogP contribution < -0.4 is 27.2 Å². The summed E-state index contributed by atoms with van der Waals surface area (Å²) in [5.74, 6) is 12.3. The molecule has 2 aromatic rings. The van der Waals surface area contributed by atoms with Gasteiger partial charge >= 0.3 is 6.03 Å². The molecular formula is C22H29ClN6O2S. The summed E-state index contributed by atoms with van der Waals surface area (Å²) < 4.78 is 6.10. The summed E-state index contributed by atoms with van der Waals surface area (Å²) in [7, 11) is 3.05. The van der Waals surface area contributed by atoms with Gasteiger partial charge in [-0.1, -0.05) is 17.7 Å². The zero-order valence-corrected chi connectivity index (χ0v) is 20.4. The van der Waals surface area contributed by atoms with Crippen LogP contribution in [0.1, 0.15) is 23.6 Å². The zero-order valence-electron chi connectivity index (χ0n) is 18.8. The van der Waals surface area contributed by atoms with E-state index < -0.39 is 6.03 Å². The van der Waals surface area contributed by atoms with Crippen LogP contribution >= 0.6 is 23.4 Å². The van der Waals surface area contributed by atoms with Crippen LogP contribution in [0.4, 0.5) is 10.5 Å². The molecule has 0 fully saturated rings. The van der Waals surface area contributed by atoms with Gasteiger partial charge < -0.3 is 10.5 Å². The number of allylic oxidation sites excluding steroid dienone is 1. The number of anilines is 1. The second-order valence-corrected chi connectivity index (χ2v) is 8.25. The van der Waals surface area contributed by atoms with E-state index in [1.165, 1.54) is 18.8 Å². The van der Waals surface area contributed by atoms with Crippen molar-refractivity contribution in [2.75, 3.05) is 25.4 Å². The molecular weight excluding hydrogens is 448 g/mol. The fourth-order valence-corrected chi connectivity index (χ4v) is 3.74. The van der Waals surface area contributed by atoms with Gasteiger partial charge in [0.1, 0.15) is 17.5 Å². The molecule has 172 valence electrons. The average molecular weight is 477 g/mol. The van der Waals surface area contributed by atoms with Crippen molar-refractivity contribution in [2.24, 2.45) is 22.4 Å². The predicted octanol–water partition coefficient (Wildman–Crippen LogP) is 3.86. The van der Waals surface area contributed by atoms with Gasteiger partial charge in [0.15, 0.2) is 0 Å². The number of aryl methyl sites for hydroxylation is 1. The molecule has 0 unspecified atom stereocenters. The summed E-state index contributed by atoms with van der Waals surface area (Å²) in [5, 5.41) is 2.31. The van der Waals surface area contributed by atoms with Gasteiger partial charge in [-0.2, -0.15) is 0 Å². The molecule has 6 N–H and O–H groups in total. The number of halogens is 1. The van der Waals surface area contributed by atoms with Crippen molar-refractivity contribution in [3.8, 4) is 5.75 Å². The first kappa shape index (κ1) is 25.5. The number of benzene rings is 2. The Labute approximate surface area is 198 Å². The molecule has 0 radical (unpaired) electrons. The molecule has 0 aliphatic rings. The number of carbonyl (C=O) groups is 1. The molecule has 2 aromatic carbocycles. The van der Waals surface area contributed by atoms with E-state index in [4.69, 9.17) is 33.8 Å². The minimum absolute atomic E-state index is 0.209. The lowest BCUT2D eigenvalue weighted by Gasteiger charge is -2.24. The van der Waals surface area contributed by atoms with Crippen molar-refractivity contribution in [3.05, 3.63) is 58.7 Å². The Kier molecular flexibility index (Phi) is 8.97. The van der Waals surface area contributed by atoms with Gasteiger partial charge in [-0.3, -0.25) is 10.0 Å². The largest absolute Gasteiger partial charge is 0.489 e. The van der Waals surface area contributed by atoms with Gasteiger partial charge in [0.05, 0.1) is 5.69 Å². The number of thioether (sulfide) groups is 1.